The molecule has 0 unspecified atom stereocenters. The van der Waals surface area contributed by atoms with Gasteiger partial charge in [-0.15, -0.1) is 0 Å². The number of carbonyl (C=O) groups excluding carboxylic acids is 1. The van der Waals surface area contributed by atoms with Crippen LogP contribution < -0.4 is 0 Å². The summed E-state index contributed by atoms with van der Waals surface area (Å²) in [4.78, 5) is 19.7. The number of aryl methyl sites for hydroxylation is 1. The number of aromatic nitrogens is 3. The number of H-pyrrole nitrogens is 1. The molecule has 1 N–H and O–H groups in total. The molecule has 5 nitrogen and oxygen atoms in total. The molecule has 1 saturated heterocycles. The summed E-state index contributed by atoms with van der Waals surface area (Å²) in [6, 6.07) is 14.1. The zero-order chi connectivity index (χ0) is 19.5. The van der Waals surface area contributed by atoms with Gasteiger partial charge in [-0.05, 0) is 49.6 Å². The summed E-state index contributed by atoms with van der Waals surface area (Å²) in [6.45, 7) is 3.36. The van der Waals surface area contributed by atoms with E-state index >= 15 is 0 Å². The number of nitrogens with zero attached hydrogens (tertiary/aromatic N) is 3. The van der Waals surface area contributed by atoms with Gasteiger partial charge in [0.15, 0.2) is 0 Å². The predicted molar refractivity (Wildman–Crippen MR) is 110 cm³/mol. The predicted octanol–water partition coefficient (Wildman–Crippen LogP) is 4.38. The summed E-state index contributed by atoms with van der Waals surface area (Å²) in [7, 11) is 0. The molecule has 1 aliphatic rings. The molecule has 1 aliphatic heterocycles. The van der Waals surface area contributed by atoms with Crippen LogP contribution in [-0.4, -0.2) is 39.1 Å². The molecule has 1 fully saturated rings. The Bertz CT molecular complexity index is 967. The largest absolute Gasteiger partial charge is 0.338 e. The standard InChI is InChI=1S/C22H23ClN4O/c1-15-20(13-24-26-15)22(28)27-11-3-4-17(14-27)21-6-2-5-19(25-21)12-16-7-9-18(23)10-8-16/h2,5-10,13,17H,3-4,11-12,14H2,1H3,(H,24,26)/t17-/m1/s1. The van der Waals surface area contributed by atoms with Crippen molar-refractivity contribution in [1.29, 1.82) is 0 Å². The van der Waals surface area contributed by atoms with E-state index in [0.717, 1.165) is 47.9 Å². The lowest BCUT2D eigenvalue weighted by atomic mass is 9.93. The van der Waals surface area contributed by atoms with Crippen LogP contribution >= 0.6 is 11.6 Å². The van der Waals surface area contributed by atoms with E-state index in [2.05, 4.69) is 28.4 Å². The normalized spacial score (nSPS) is 16.9. The highest BCUT2D eigenvalue weighted by Gasteiger charge is 2.27. The monoisotopic (exact) mass is 394 g/mol. The maximum atomic E-state index is 12.8. The first-order valence-electron chi connectivity index (χ1n) is 9.59. The number of hydrogen-bond acceptors (Lipinski definition) is 3. The number of benzene rings is 1. The lowest BCUT2D eigenvalue weighted by Gasteiger charge is -2.32. The second-order valence-electron chi connectivity index (χ2n) is 7.36. The Morgan fingerprint density at radius 3 is 2.82 bits per heavy atom. The summed E-state index contributed by atoms with van der Waals surface area (Å²) in [6.07, 6.45) is 4.42. The number of aromatic amines is 1. The Kier molecular flexibility index (Phi) is 5.44. The van der Waals surface area contributed by atoms with Crippen LogP contribution in [0.2, 0.25) is 5.02 Å². The quantitative estimate of drug-likeness (QED) is 0.714. The van der Waals surface area contributed by atoms with Crippen molar-refractivity contribution in [2.75, 3.05) is 13.1 Å². The van der Waals surface area contributed by atoms with Gasteiger partial charge < -0.3 is 4.90 Å². The molecule has 0 radical (unpaired) electrons. The van der Waals surface area contributed by atoms with Crippen LogP contribution in [0.4, 0.5) is 0 Å². The van der Waals surface area contributed by atoms with Gasteiger partial charge in [0.2, 0.25) is 0 Å². The minimum atomic E-state index is 0.0493. The third-order valence-corrected chi connectivity index (χ3v) is 5.57. The van der Waals surface area contributed by atoms with Crippen molar-refractivity contribution in [3.8, 4) is 0 Å². The Balaban J connectivity index is 1.48. The lowest BCUT2D eigenvalue weighted by molar-refractivity contribution is 0.0705. The molecule has 3 aromatic rings. The van der Waals surface area contributed by atoms with Crippen molar-refractivity contribution >= 4 is 17.5 Å². The molecule has 0 saturated carbocycles. The van der Waals surface area contributed by atoms with Gasteiger partial charge in [0.05, 0.1) is 11.8 Å². The van der Waals surface area contributed by atoms with Crippen LogP contribution in [0, 0.1) is 6.92 Å². The van der Waals surface area contributed by atoms with Gasteiger partial charge in [0.25, 0.3) is 5.91 Å². The van der Waals surface area contributed by atoms with Crippen LogP contribution in [0.15, 0.2) is 48.7 Å². The van der Waals surface area contributed by atoms with Gasteiger partial charge in [-0.25, -0.2) is 0 Å². The fourth-order valence-corrected chi connectivity index (χ4v) is 3.90. The highest BCUT2D eigenvalue weighted by molar-refractivity contribution is 6.30. The topological polar surface area (TPSA) is 61.9 Å². The molecule has 2 aromatic heterocycles. The first-order chi connectivity index (χ1) is 13.6. The third-order valence-electron chi connectivity index (χ3n) is 5.31. The molecule has 6 heteroatoms. The van der Waals surface area contributed by atoms with Crippen molar-refractivity contribution in [1.82, 2.24) is 20.1 Å². The fraction of sp³-hybridized carbons (Fsp3) is 0.318. The maximum absolute atomic E-state index is 12.8. The molecular formula is C22H23ClN4O. The Morgan fingerprint density at radius 1 is 1.25 bits per heavy atom. The minimum absolute atomic E-state index is 0.0493. The zero-order valence-corrected chi connectivity index (χ0v) is 16.6. The van der Waals surface area contributed by atoms with E-state index in [9.17, 15) is 4.79 Å². The Morgan fingerprint density at radius 2 is 2.07 bits per heavy atom. The van der Waals surface area contributed by atoms with Crippen LogP contribution in [-0.2, 0) is 6.42 Å². The molecule has 28 heavy (non-hydrogen) atoms. The van der Waals surface area contributed by atoms with Gasteiger partial charge in [0.1, 0.15) is 0 Å². The Labute approximate surface area is 169 Å². The second kappa shape index (κ2) is 8.15. The molecule has 0 spiro atoms. The van der Waals surface area contributed by atoms with E-state index in [1.807, 2.05) is 36.1 Å². The molecule has 1 amide bonds. The summed E-state index contributed by atoms with van der Waals surface area (Å²) >= 11 is 5.97. The SMILES string of the molecule is Cc1[nH]ncc1C(=O)N1CCC[C@@H](c2cccc(Cc3ccc(Cl)cc3)n2)C1. The number of rotatable bonds is 4. The molecular weight excluding hydrogens is 372 g/mol. The van der Waals surface area contributed by atoms with Gasteiger partial charge in [-0.2, -0.15) is 5.10 Å². The number of piperidine rings is 1. The van der Waals surface area contributed by atoms with Crippen molar-refractivity contribution < 1.29 is 4.79 Å². The second-order valence-corrected chi connectivity index (χ2v) is 7.79. The van der Waals surface area contributed by atoms with E-state index < -0.39 is 0 Å². The molecule has 1 aromatic carbocycles. The number of nitrogens with one attached hydrogen (secondary N) is 1. The van der Waals surface area contributed by atoms with E-state index in [-0.39, 0.29) is 11.8 Å². The lowest BCUT2D eigenvalue weighted by Crippen LogP contribution is -2.39. The summed E-state index contributed by atoms with van der Waals surface area (Å²) in [5, 5.41) is 7.57. The zero-order valence-electron chi connectivity index (χ0n) is 15.9. The summed E-state index contributed by atoms with van der Waals surface area (Å²) < 4.78 is 0. The minimum Gasteiger partial charge on any atom is -0.338 e. The average molecular weight is 395 g/mol. The summed E-state index contributed by atoms with van der Waals surface area (Å²) in [5.74, 6) is 0.309. The molecule has 0 aliphatic carbocycles. The molecule has 144 valence electrons. The highest BCUT2D eigenvalue weighted by Crippen LogP contribution is 2.27. The summed E-state index contributed by atoms with van der Waals surface area (Å²) in [5.41, 5.74) is 4.76. The van der Waals surface area contributed by atoms with Gasteiger partial charge in [-0.3, -0.25) is 14.9 Å². The molecule has 0 bridgehead atoms. The van der Waals surface area contributed by atoms with Crippen molar-refractivity contribution in [2.24, 2.45) is 0 Å². The van der Waals surface area contributed by atoms with Crippen LogP contribution in [0.1, 0.15) is 51.8 Å². The highest BCUT2D eigenvalue weighted by atomic mass is 35.5. The molecule has 1 atom stereocenters. The number of carbonyl (C=O) groups is 1. The maximum Gasteiger partial charge on any atom is 0.257 e. The van der Waals surface area contributed by atoms with E-state index in [1.165, 1.54) is 5.56 Å². The van der Waals surface area contributed by atoms with Crippen LogP contribution in [0.3, 0.4) is 0 Å². The molecule has 4 rings (SSSR count). The van der Waals surface area contributed by atoms with Crippen molar-refractivity contribution in [3.63, 3.8) is 0 Å². The fourth-order valence-electron chi connectivity index (χ4n) is 3.78. The average Bonchev–Trinajstić information content (AvgIpc) is 3.15. The third kappa shape index (κ3) is 4.09. The van der Waals surface area contributed by atoms with Gasteiger partial charge in [-0.1, -0.05) is 29.8 Å². The van der Waals surface area contributed by atoms with Crippen LogP contribution in [0.5, 0.6) is 0 Å². The van der Waals surface area contributed by atoms with Gasteiger partial charge >= 0.3 is 0 Å². The molecule has 3 heterocycles. The van der Waals surface area contributed by atoms with E-state index in [4.69, 9.17) is 16.6 Å². The number of pyridine rings is 1. The van der Waals surface area contributed by atoms with E-state index in [0.29, 0.717) is 12.1 Å². The number of amides is 1. The van der Waals surface area contributed by atoms with Gasteiger partial charge in [0, 0.05) is 47.5 Å². The first kappa shape index (κ1) is 18.7. The smallest absolute Gasteiger partial charge is 0.257 e. The van der Waals surface area contributed by atoms with Crippen molar-refractivity contribution in [3.05, 3.63) is 81.9 Å². The number of likely N-dealkylation sites (tertiary alicyclic amines) is 1. The van der Waals surface area contributed by atoms with E-state index in [1.54, 1.807) is 6.20 Å². The van der Waals surface area contributed by atoms with Crippen molar-refractivity contribution in [2.45, 2.75) is 32.1 Å². The number of halogens is 1. The first-order valence-corrected chi connectivity index (χ1v) is 9.97. The van der Waals surface area contributed by atoms with Crippen LogP contribution in [0.25, 0.3) is 0 Å². The Hall–Kier alpha value is -2.66. The number of hydrogen-bond donors (Lipinski definition) is 1.